The number of likely N-dealkylation sites (N-methyl/N-ethyl adjacent to an activating group) is 1. The second-order valence-corrected chi connectivity index (χ2v) is 6.32. The van der Waals surface area contributed by atoms with Crippen molar-refractivity contribution in [2.24, 2.45) is 7.05 Å². The van der Waals surface area contributed by atoms with Crippen LogP contribution in [0.2, 0.25) is 0 Å². The molecule has 6 heteroatoms. The summed E-state index contributed by atoms with van der Waals surface area (Å²) >= 11 is 0. The number of aromatic nitrogens is 1. The zero-order chi connectivity index (χ0) is 16.6. The van der Waals surface area contributed by atoms with Crippen LogP contribution in [0, 0.1) is 0 Å². The van der Waals surface area contributed by atoms with E-state index in [1.807, 2.05) is 24.3 Å². The average molecular weight is 322 g/mol. The summed E-state index contributed by atoms with van der Waals surface area (Å²) in [6.45, 7) is 0.253. The Balaban J connectivity index is 1.86. The summed E-state index contributed by atoms with van der Waals surface area (Å²) in [6.07, 6.45) is 0. The maximum atomic E-state index is 13.1. The molecule has 0 saturated carbocycles. The first-order valence-corrected chi connectivity index (χ1v) is 7.68. The van der Waals surface area contributed by atoms with Gasteiger partial charge in [-0.15, -0.1) is 0 Å². The molecular formula is C18H14N2O4. The van der Waals surface area contributed by atoms with E-state index in [1.165, 1.54) is 4.57 Å². The zero-order valence-electron chi connectivity index (χ0n) is 13.2. The van der Waals surface area contributed by atoms with Crippen molar-refractivity contribution < 1.29 is 13.9 Å². The van der Waals surface area contributed by atoms with Crippen molar-refractivity contribution in [3.05, 3.63) is 58.1 Å². The van der Waals surface area contributed by atoms with Crippen molar-refractivity contribution in [1.82, 2.24) is 4.57 Å². The first kappa shape index (κ1) is 13.4. The Hall–Kier alpha value is -3.02. The van der Waals surface area contributed by atoms with E-state index in [4.69, 9.17) is 9.15 Å². The molecule has 0 bridgehead atoms. The molecular weight excluding hydrogens is 308 g/mol. The van der Waals surface area contributed by atoms with Gasteiger partial charge in [0.05, 0.1) is 5.52 Å². The van der Waals surface area contributed by atoms with Gasteiger partial charge in [0.15, 0.2) is 5.58 Å². The largest absolute Gasteiger partial charge is 0.491 e. The number of anilines is 1. The molecule has 2 aliphatic heterocycles. The van der Waals surface area contributed by atoms with E-state index in [0.29, 0.717) is 16.8 Å². The molecule has 0 N–H and O–H groups in total. The normalized spacial score (nSPS) is 21.4. The van der Waals surface area contributed by atoms with Crippen LogP contribution < -0.4 is 15.4 Å². The number of oxazole rings is 1. The van der Waals surface area contributed by atoms with Gasteiger partial charge in [-0.1, -0.05) is 18.2 Å². The van der Waals surface area contributed by atoms with Crippen LogP contribution >= 0.6 is 0 Å². The molecule has 0 aliphatic carbocycles. The Morgan fingerprint density at radius 1 is 1.08 bits per heavy atom. The van der Waals surface area contributed by atoms with Crippen molar-refractivity contribution in [1.29, 1.82) is 0 Å². The molecule has 6 nitrogen and oxygen atoms in total. The summed E-state index contributed by atoms with van der Waals surface area (Å²) in [5.41, 5.74) is 2.81. The van der Waals surface area contributed by atoms with Crippen LogP contribution in [0.4, 0.5) is 5.69 Å². The number of hydrogen-bond acceptors (Lipinski definition) is 4. The Bertz CT molecular complexity index is 1090. The van der Waals surface area contributed by atoms with E-state index in [9.17, 15) is 9.59 Å². The standard InChI is InChI=1S/C18H14N2O4/c1-19-12-6-4-3-5-10(12)18(16(19)21)9-23-14-8-13-15(7-11(14)18)24-17(22)20(13)2/h3-8H,9H2,1-2H3. The second kappa shape index (κ2) is 4.08. The van der Waals surface area contributed by atoms with E-state index in [0.717, 1.165) is 16.8 Å². The molecule has 120 valence electrons. The van der Waals surface area contributed by atoms with Crippen LogP contribution in [0.25, 0.3) is 11.1 Å². The fourth-order valence-electron chi connectivity index (χ4n) is 3.91. The van der Waals surface area contributed by atoms with E-state index >= 15 is 0 Å². The van der Waals surface area contributed by atoms with Gasteiger partial charge >= 0.3 is 5.76 Å². The first-order chi connectivity index (χ1) is 11.5. The Kier molecular flexibility index (Phi) is 2.28. The predicted molar refractivity (Wildman–Crippen MR) is 87.6 cm³/mol. The number of carbonyl (C=O) groups is 1. The predicted octanol–water partition coefficient (Wildman–Crippen LogP) is 1.79. The summed E-state index contributed by atoms with van der Waals surface area (Å²) < 4.78 is 12.6. The minimum atomic E-state index is -0.872. The van der Waals surface area contributed by atoms with Gasteiger partial charge in [-0.3, -0.25) is 9.36 Å². The molecule has 1 atom stereocenters. The van der Waals surface area contributed by atoms with Crippen molar-refractivity contribution in [3.8, 4) is 5.75 Å². The molecule has 1 amide bonds. The van der Waals surface area contributed by atoms with Gasteiger partial charge in [0.2, 0.25) is 5.91 Å². The third-order valence-corrected chi connectivity index (χ3v) is 5.19. The Morgan fingerprint density at radius 2 is 1.88 bits per heavy atom. The highest BCUT2D eigenvalue weighted by atomic mass is 16.5. The third kappa shape index (κ3) is 1.33. The summed E-state index contributed by atoms with van der Waals surface area (Å²) in [4.78, 5) is 26.5. The maximum Gasteiger partial charge on any atom is 0.419 e. The highest BCUT2D eigenvalue weighted by Crippen LogP contribution is 2.52. The van der Waals surface area contributed by atoms with Gasteiger partial charge < -0.3 is 14.1 Å². The summed E-state index contributed by atoms with van der Waals surface area (Å²) in [5.74, 6) is 0.162. The van der Waals surface area contributed by atoms with Crippen molar-refractivity contribution in [2.45, 2.75) is 5.41 Å². The van der Waals surface area contributed by atoms with Gasteiger partial charge in [-0.25, -0.2) is 4.79 Å². The highest BCUT2D eigenvalue weighted by molar-refractivity contribution is 6.11. The van der Waals surface area contributed by atoms with Gasteiger partial charge in [0.1, 0.15) is 17.8 Å². The number of rotatable bonds is 0. The van der Waals surface area contributed by atoms with Crippen molar-refractivity contribution in [2.75, 3.05) is 18.6 Å². The third-order valence-electron chi connectivity index (χ3n) is 5.19. The molecule has 3 heterocycles. The smallest absolute Gasteiger partial charge is 0.419 e. The monoisotopic (exact) mass is 322 g/mol. The molecule has 1 spiro atoms. The number of amides is 1. The number of aryl methyl sites for hydroxylation is 1. The molecule has 3 aromatic rings. The lowest BCUT2D eigenvalue weighted by Gasteiger charge is -2.21. The number of ether oxygens (including phenoxy) is 1. The molecule has 24 heavy (non-hydrogen) atoms. The lowest BCUT2D eigenvalue weighted by Crippen LogP contribution is -2.40. The van der Waals surface area contributed by atoms with E-state index in [2.05, 4.69) is 0 Å². The second-order valence-electron chi connectivity index (χ2n) is 6.32. The highest BCUT2D eigenvalue weighted by Gasteiger charge is 2.56. The van der Waals surface area contributed by atoms with Gasteiger partial charge in [0.25, 0.3) is 0 Å². The van der Waals surface area contributed by atoms with Crippen molar-refractivity contribution in [3.63, 3.8) is 0 Å². The van der Waals surface area contributed by atoms with Gasteiger partial charge in [0, 0.05) is 31.4 Å². The number of para-hydroxylation sites is 1. The first-order valence-electron chi connectivity index (χ1n) is 7.68. The SMILES string of the molecule is CN1C(=O)C2(COc3cc4c(cc32)oc(=O)n4C)c2ccccc21. The van der Waals surface area contributed by atoms with Gasteiger partial charge in [-0.05, 0) is 17.7 Å². The average Bonchev–Trinajstić information content (AvgIpc) is 3.17. The topological polar surface area (TPSA) is 64.7 Å². The van der Waals surface area contributed by atoms with Crippen LogP contribution in [-0.2, 0) is 17.3 Å². The van der Waals surface area contributed by atoms with E-state index in [-0.39, 0.29) is 12.5 Å². The Morgan fingerprint density at radius 3 is 2.71 bits per heavy atom. The zero-order valence-corrected chi connectivity index (χ0v) is 13.2. The van der Waals surface area contributed by atoms with Gasteiger partial charge in [-0.2, -0.15) is 0 Å². The quantitative estimate of drug-likeness (QED) is 0.633. The molecule has 2 aromatic carbocycles. The Labute approximate surface area is 136 Å². The molecule has 2 aliphatic rings. The maximum absolute atomic E-state index is 13.1. The molecule has 0 saturated heterocycles. The van der Waals surface area contributed by atoms with E-state index in [1.54, 1.807) is 31.1 Å². The van der Waals surface area contributed by atoms with Crippen LogP contribution in [0.15, 0.2) is 45.6 Å². The minimum absolute atomic E-state index is 0.0277. The number of benzene rings is 2. The van der Waals surface area contributed by atoms with E-state index < -0.39 is 11.2 Å². The molecule has 0 radical (unpaired) electrons. The van der Waals surface area contributed by atoms with Crippen molar-refractivity contribution >= 4 is 22.7 Å². The summed E-state index contributed by atoms with van der Waals surface area (Å²) in [6, 6.07) is 11.3. The lowest BCUT2D eigenvalue weighted by atomic mass is 9.77. The minimum Gasteiger partial charge on any atom is -0.491 e. The van der Waals surface area contributed by atoms with Crippen LogP contribution in [0.3, 0.4) is 0 Å². The number of fused-ring (bicyclic) bond motifs is 5. The summed E-state index contributed by atoms with van der Waals surface area (Å²) in [7, 11) is 3.42. The summed E-state index contributed by atoms with van der Waals surface area (Å²) in [5, 5.41) is 0. The molecule has 5 rings (SSSR count). The fraction of sp³-hybridized carbons (Fsp3) is 0.222. The molecule has 1 aromatic heterocycles. The number of nitrogens with zero attached hydrogens (tertiary/aromatic N) is 2. The molecule has 1 unspecified atom stereocenters. The lowest BCUT2D eigenvalue weighted by molar-refractivity contribution is -0.121. The fourth-order valence-corrected chi connectivity index (χ4v) is 3.91. The number of carbonyl (C=O) groups excluding carboxylic acids is 1. The van der Waals surface area contributed by atoms with Crippen LogP contribution in [-0.4, -0.2) is 24.1 Å². The molecule has 0 fully saturated rings. The van der Waals surface area contributed by atoms with Crippen LogP contribution in [0.5, 0.6) is 5.75 Å². The van der Waals surface area contributed by atoms with Crippen LogP contribution in [0.1, 0.15) is 11.1 Å². The number of hydrogen-bond donors (Lipinski definition) is 0.